The first-order chi connectivity index (χ1) is 8.63. The fourth-order valence-corrected chi connectivity index (χ4v) is 2.03. The summed E-state index contributed by atoms with van der Waals surface area (Å²) in [5.74, 6) is 0.584. The molecular formula is C12H8Cl2N4. The van der Waals surface area contributed by atoms with Crippen molar-refractivity contribution in [2.75, 3.05) is 5.73 Å². The minimum Gasteiger partial charge on any atom is -0.396 e. The van der Waals surface area contributed by atoms with E-state index in [1.807, 2.05) is 12.1 Å². The number of aromatic nitrogens is 3. The lowest BCUT2D eigenvalue weighted by Gasteiger charge is -1.95. The Labute approximate surface area is 113 Å². The second-order valence-electron chi connectivity index (χ2n) is 3.82. The Balaban J connectivity index is 2.19. The Morgan fingerprint density at radius 2 is 1.78 bits per heavy atom. The van der Waals surface area contributed by atoms with Gasteiger partial charge >= 0.3 is 0 Å². The summed E-state index contributed by atoms with van der Waals surface area (Å²) in [5.41, 5.74) is 7.80. The molecule has 0 fully saturated rings. The predicted molar refractivity (Wildman–Crippen MR) is 72.9 cm³/mol. The highest BCUT2D eigenvalue weighted by Gasteiger charge is 2.09. The fraction of sp³-hybridized carbons (Fsp3) is 0. The number of nitrogens with two attached hydrogens (primary N) is 1. The van der Waals surface area contributed by atoms with Crippen LogP contribution in [0.5, 0.6) is 0 Å². The molecule has 3 aromatic rings. The number of nitrogens with zero attached hydrogens (tertiary/aromatic N) is 3. The zero-order valence-corrected chi connectivity index (χ0v) is 10.7. The summed E-state index contributed by atoms with van der Waals surface area (Å²) in [7, 11) is 0. The van der Waals surface area contributed by atoms with Crippen LogP contribution in [0.3, 0.4) is 0 Å². The molecule has 3 rings (SSSR count). The molecule has 0 radical (unpaired) electrons. The van der Waals surface area contributed by atoms with Crippen LogP contribution in [0.4, 0.5) is 5.69 Å². The smallest absolute Gasteiger partial charge is 0.182 e. The van der Waals surface area contributed by atoms with Gasteiger partial charge in [-0.1, -0.05) is 23.2 Å². The molecule has 1 aromatic carbocycles. The average molecular weight is 279 g/mol. The van der Waals surface area contributed by atoms with Gasteiger partial charge in [0.05, 0.1) is 10.7 Å². The number of hydrogen-bond acceptors (Lipinski definition) is 3. The van der Waals surface area contributed by atoms with Crippen LogP contribution in [0.1, 0.15) is 0 Å². The predicted octanol–water partition coefficient (Wildman–Crippen LogP) is 3.29. The van der Waals surface area contributed by atoms with Crippen LogP contribution in [-0.4, -0.2) is 14.6 Å². The summed E-state index contributed by atoms with van der Waals surface area (Å²) < 4.78 is 1.57. The molecule has 0 saturated heterocycles. The Bertz CT molecular complexity index is 719. The van der Waals surface area contributed by atoms with Crippen LogP contribution in [0.2, 0.25) is 10.0 Å². The Kier molecular flexibility index (Phi) is 2.61. The first-order valence-electron chi connectivity index (χ1n) is 5.21. The molecule has 0 spiro atoms. The van der Waals surface area contributed by atoms with E-state index in [0.29, 0.717) is 27.2 Å². The Hall–Kier alpha value is -1.78. The lowest BCUT2D eigenvalue weighted by atomic mass is 10.2. The minimum atomic E-state index is 0.496. The van der Waals surface area contributed by atoms with E-state index in [4.69, 9.17) is 28.9 Å². The van der Waals surface area contributed by atoms with E-state index in [0.717, 1.165) is 5.56 Å². The van der Waals surface area contributed by atoms with Crippen molar-refractivity contribution in [3.05, 3.63) is 46.6 Å². The van der Waals surface area contributed by atoms with E-state index in [1.165, 1.54) is 0 Å². The molecule has 2 N–H and O–H groups in total. The number of fused-ring (bicyclic) bond motifs is 1. The summed E-state index contributed by atoms with van der Waals surface area (Å²) in [6.45, 7) is 0. The van der Waals surface area contributed by atoms with Gasteiger partial charge in [-0.05, 0) is 30.3 Å². The third-order valence-electron chi connectivity index (χ3n) is 2.53. The molecule has 0 unspecified atom stereocenters. The zero-order valence-electron chi connectivity index (χ0n) is 9.14. The van der Waals surface area contributed by atoms with Crippen LogP contribution < -0.4 is 5.73 Å². The van der Waals surface area contributed by atoms with Crippen LogP contribution in [0.15, 0.2) is 36.5 Å². The monoisotopic (exact) mass is 278 g/mol. The van der Waals surface area contributed by atoms with Crippen molar-refractivity contribution in [3.63, 3.8) is 0 Å². The standard InChI is InChI=1S/C12H8Cl2N4/c13-8-3-1-7(2-4-8)11-16-12-10(15)5-9(14)6-18(12)17-11/h1-6H,15H2. The van der Waals surface area contributed by atoms with Crippen molar-refractivity contribution in [1.82, 2.24) is 14.6 Å². The number of hydrogen-bond donors (Lipinski definition) is 1. The summed E-state index contributed by atoms with van der Waals surface area (Å²) in [5, 5.41) is 5.52. The normalized spacial score (nSPS) is 11.0. The van der Waals surface area contributed by atoms with Crippen molar-refractivity contribution < 1.29 is 0 Å². The topological polar surface area (TPSA) is 56.2 Å². The Morgan fingerprint density at radius 1 is 1.06 bits per heavy atom. The third-order valence-corrected chi connectivity index (χ3v) is 2.99. The third kappa shape index (κ3) is 1.89. The molecule has 2 heterocycles. The minimum absolute atomic E-state index is 0.496. The van der Waals surface area contributed by atoms with E-state index < -0.39 is 0 Å². The molecule has 6 heteroatoms. The molecular weight excluding hydrogens is 271 g/mol. The maximum atomic E-state index is 5.91. The Morgan fingerprint density at radius 3 is 2.50 bits per heavy atom. The van der Waals surface area contributed by atoms with Crippen molar-refractivity contribution in [1.29, 1.82) is 0 Å². The first kappa shape index (κ1) is 11.3. The van der Waals surface area contributed by atoms with Gasteiger partial charge in [-0.25, -0.2) is 9.50 Å². The molecule has 18 heavy (non-hydrogen) atoms. The molecule has 90 valence electrons. The van der Waals surface area contributed by atoms with Crippen LogP contribution >= 0.6 is 23.2 Å². The average Bonchev–Trinajstić information content (AvgIpc) is 2.74. The fourth-order valence-electron chi connectivity index (χ4n) is 1.70. The molecule has 4 nitrogen and oxygen atoms in total. The van der Waals surface area contributed by atoms with E-state index in [9.17, 15) is 0 Å². The summed E-state index contributed by atoms with van der Waals surface area (Å²) in [6, 6.07) is 8.94. The summed E-state index contributed by atoms with van der Waals surface area (Å²) >= 11 is 11.8. The molecule has 2 aromatic heterocycles. The molecule has 0 saturated carbocycles. The van der Waals surface area contributed by atoms with Crippen LogP contribution in [-0.2, 0) is 0 Å². The highest BCUT2D eigenvalue weighted by molar-refractivity contribution is 6.31. The van der Waals surface area contributed by atoms with Crippen molar-refractivity contribution in [2.45, 2.75) is 0 Å². The first-order valence-corrected chi connectivity index (χ1v) is 5.96. The van der Waals surface area contributed by atoms with Crippen LogP contribution in [0, 0.1) is 0 Å². The van der Waals surface area contributed by atoms with Gasteiger partial charge in [0.25, 0.3) is 0 Å². The maximum Gasteiger partial charge on any atom is 0.182 e. The number of nitrogen functional groups attached to an aromatic ring is 1. The molecule has 0 atom stereocenters. The quantitative estimate of drug-likeness (QED) is 0.743. The number of pyridine rings is 1. The van der Waals surface area contributed by atoms with Crippen LogP contribution in [0.25, 0.3) is 17.0 Å². The molecule has 0 aliphatic heterocycles. The molecule has 0 amide bonds. The van der Waals surface area contributed by atoms with Crippen molar-refractivity contribution in [3.8, 4) is 11.4 Å². The van der Waals surface area contributed by atoms with Gasteiger partial charge in [-0.15, -0.1) is 5.10 Å². The van der Waals surface area contributed by atoms with Crippen molar-refractivity contribution >= 4 is 34.5 Å². The number of rotatable bonds is 1. The number of benzene rings is 1. The van der Waals surface area contributed by atoms with Crippen molar-refractivity contribution in [2.24, 2.45) is 0 Å². The second-order valence-corrected chi connectivity index (χ2v) is 4.70. The van der Waals surface area contributed by atoms with Gasteiger partial charge < -0.3 is 5.73 Å². The van der Waals surface area contributed by atoms with Gasteiger partial charge in [-0.3, -0.25) is 0 Å². The maximum absolute atomic E-state index is 5.91. The molecule has 0 bridgehead atoms. The largest absolute Gasteiger partial charge is 0.396 e. The van der Waals surface area contributed by atoms with Gasteiger partial charge in [0.15, 0.2) is 11.5 Å². The highest BCUT2D eigenvalue weighted by atomic mass is 35.5. The lowest BCUT2D eigenvalue weighted by molar-refractivity contribution is 0.967. The van der Waals surface area contributed by atoms with Gasteiger partial charge in [0.2, 0.25) is 0 Å². The van der Waals surface area contributed by atoms with E-state index in [1.54, 1.807) is 28.9 Å². The lowest BCUT2D eigenvalue weighted by Crippen LogP contribution is -1.93. The molecule has 0 aliphatic carbocycles. The number of halogens is 2. The summed E-state index contributed by atoms with van der Waals surface area (Å²) in [6.07, 6.45) is 1.67. The van der Waals surface area contributed by atoms with E-state index in [-0.39, 0.29) is 0 Å². The van der Waals surface area contributed by atoms with Gasteiger partial charge in [0, 0.05) is 16.8 Å². The highest BCUT2D eigenvalue weighted by Crippen LogP contribution is 2.22. The van der Waals surface area contributed by atoms with Gasteiger partial charge in [-0.2, -0.15) is 0 Å². The van der Waals surface area contributed by atoms with E-state index >= 15 is 0 Å². The zero-order chi connectivity index (χ0) is 12.7. The molecule has 0 aliphatic rings. The second kappa shape index (κ2) is 4.15. The SMILES string of the molecule is Nc1cc(Cl)cn2nc(-c3ccc(Cl)cc3)nc12. The van der Waals surface area contributed by atoms with Gasteiger partial charge in [0.1, 0.15) is 0 Å². The van der Waals surface area contributed by atoms with E-state index in [2.05, 4.69) is 10.1 Å². The summed E-state index contributed by atoms with van der Waals surface area (Å²) in [4.78, 5) is 4.38. The number of anilines is 1.